The van der Waals surface area contributed by atoms with Gasteiger partial charge in [0.1, 0.15) is 0 Å². The van der Waals surface area contributed by atoms with E-state index in [-0.39, 0.29) is 11.2 Å². The molecule has 1 aliphatic heterocycles. The van der Waals surface area contributed by atoms with Crippen LogP contribution in [0.3, 0.4) is 0 Å². The first-order chi connectivity index (χ1) is 15.6. The van der Waals surface area contributed by atoms with E-state index in [0.29, 0.717) is 5.92 Å². The zero-order valence-electron chi connectivity index (χ0n) is 23.1. The molecule has 2 rings (SSSR count). The molecule has 1 fully saturated rings. The van der Waals surface area contributed by atoms with Gasteiger partial charge in [-0.25, -0.2) is 0 Å². The summed E-state index contributed by atoms with van der Waals surface area (Å²) >= 11 is 0. The smallest absolute Gasteiger partial charge is 0.0964 e. The number of allylic oxidation sites excluding steroid dienone is 4. The molecule has 33 heavy (non-hydrogen) atoms. The zero-order valence-corrected chi connectivity index (χ0v) is 23.1. The Morgan fingerprint density at radius 1 is 1.12 bits per heavy atom. The second-order valence-electron chi connectivity index (χ2n) is 11.8. The van der Waals surface area contributed by atoms with Crippen LogP contribution >= 0.6 is 0 Å². The van der Waals surface area contributed by atoms with Gasteiger partial charge in [-0.05, 0) is 91.1 Å². The van der Waals surface area contributed by atoms with Crippen molar-refractivity contribution in [3.05, 3.63) is 34.9 Å². The Morgan fingerprint density at radius 2 is 1.82 bits per heavy atom. The third kappa shape index (κ3) is 8.10. The molecule has 4 atom stereocenters. The second kappa shape index (κ2) is 12.7. The fourth-order valence-corrected chi connectivity index (χ4v) is 5.90. The normalized spacial score (nSPS) is 29.8. The zero-order chi connectivity index (χ0) is 24.5. The minimum atomic E-state index is -0.500. The lowest BCUT2D eigenvalue weighted by Gasteiger charge is -2.53. The lowest BCUT2D eigenvalue weighted by Crippen LogP contribution is -2.53. The number of rotatable bonds is 14. The van der Waals surface area contributed by atoms with Crippen LogP contribution in [-0.2, 0) is 4.74 Å². The monoisotopic (exact) mass is 458 g/mol. The van der Waals surface area contributed by atoms with Crippen molar-refractivity contribution in [3.63, 3.8) is 0 Å². The lowest BCUT2D eigenvalue weighted by atomic mass is 9.67. The Labute approximate surface area is 206 Å². The van der Waals surface area contributed by atoms with E-state index in [9.17, 15) is 5.11 Å². The third-order valence-electron chi connectivity index (χ3n) is 8.50. The maximum absolute atomic E-state index is 10.6. The van der Waals surface area contributed by atoms with E-state index in [2.05, 4.69) is 59.8 Å². The Morgan fingerprint density at radius 3 is 2.52 bits per heavy atom. The summed E-state index contributed by atoms with van der Waals surface area (Å²) in [6.45, 7) is 15.8. The lowest BCUT2D eigenvalue weighted by molar-refractivity contribution is -0.177. The fraction of sp³-hybridized carbons (Fsp3) is 0.806. The van der Waals surface area contributed by atoms with Crippen molar-refractivity contribution in [1.29, 1.82) is 0 Å². The van der Waals surface area contributed by atoms with Crippen molar-refractivity contribution in [2.75, 3.05) is 0 Å². The average molecular weight is 459 g/mol. The van der Waals surface area contributed by atoms with Crippen LogP contribution in [0.25, 0.3) is 0 Å². The van der Waals surface area contributed by atoms with E-state index in [1.54, 1.807) is 0 Å². The van der Waals surface area contributed by atoms with Crippen LogP contribution < -0.4 is 0 Å². The van der Waals surface area contributed by atoms with Crippen molar-refractivity contribution in [1.82, 2.24) is 0 Å². The molecule has 1 N–H and O–H groups in total. The van der Waals surface area contributed by atoms with Crippen LogP contribution in [0.2, 0.25) is 0 Å². The highest BCUT2D eigenvalue weighted by molar-refractivity contribution is 5.36. The molecule has 0 amide bonds. The molecule has 0 saturated carbocycles. The summed E-state index contributed by atoms with van der Waals surface area (Å²) < 4.78 is 7.13. The summed E-state index contributed by atoms with van der Waals surface area (Å²) in [6, 6.07) is 0. The number of aliphatic hydroxyl groups is 1. The van der Waals surface area contributed by atoms with Crippen molar-refractivity contribution in [2.45, 2.75) is 155 Å². The summed E-state index contributed by atoms with van der Waals surface area (Å²) in [5.41, 5.74) is 3.82. The first-order valence-electron chi connectivity index (χ1n) is 14.0. The van der Waals surface area contributed by atoms with E-state index >= 15 is 0 Å². The second-order valence-corrected chi connectivity index (χ2v) is 11.8. The van der Waals surface area contributed by atoms with Crippen LogP contribution in [0.15, 0.2) is 34.9 Å². The van der Waals surface area contributed by atoms with Gasteiger partial charge in [0.15, 0.2) is 0 Å². The molecular weight excluding hydrogens is 404 g/mol. The topological polar surface area (TPSA) is 29.5 Å². The van der Waals surface area contributed by atoms with E-state index in [1.165, 1.54) is 48.8 Å². The third-order valence-corrected chi connectivity index (χ3v) is 8.50. The minimum Gasteiger partial charge on any atom is -0.390 e. The predicted molar refractivity (Wildman–Crippen MR) is 144 cm³/mol. The van der Waals surface area contributed by atoms with Gasteiger partial charge >= 0.3 is 0 Å². The molecule has 1 aliphatic carbocycles. The molecule has 190 valence electrons. The number of unbranched alkanes of at least 4 members (excludes halogenated alkanes) is 3. The fourth-order valence-electron chi connectivity index (χ4n) is 5.90. The van der Waals surface area contributed by atoms with Crippen molar-refractivity contribution < 1.29 is 9.84 Å². The molecule has 0 aromatic rings. The molecule has 2 aliphatic rings. The van der Waals surface area contributed by atoms with Crippen molar-refractivity contribution in [2.24, 2.45) is 5.92 Å². The van der Waals surface area contributed by atoms with Gasteiger partial charge in [-0.15, -0.1) is 0 Å². The molecule has 2 nitrogen and oxygen atoms in total. The molecule has 0 radical (unpaired) electrons. The predicted octanol–water partition coefficient (Wildman–Crippen LogP) is 9.24. The number of ether oxygens (including phenoxy) is 1. The number of hydrogen-bond donors (Lipinski definition) is 1. The summed E-state index contributed by atoms with van der Waals surface area (Å²) in [4.78, 5) is 0. The molecule has 1 heterocycles. The molecule has 2 heteroatoms. The molecule has 4 unspecified atom stereocenters. The molecule has 0 aromatic heterocycles. The van der Waals surface area contributed by atoms with E-state index < -0.39 is 5.60 Å². The molecule has 1 saturated heterocycles. The largest absolute Gasteiger partial charge is 0.390 e. The van der Waals surface area contributed by atoms with Gasteiger partial charge in [-0.1, -0.05) is 82.2 Å². The van der Waals surface area contributed by atoms with Gasteiger partial charge in [0, 0.05) is 5.92 Å². The van der Waals surface area contributed by atoms with Gasteiger partial charge in [0.2, 0.25) is 0 Å². The van der Waals surface area contributed by atoms with Crippen LogP contribution in [-0.4, -0.2) is 21.9 Å². The average Bonchev–Trinajstić information content (AvgIpc) is 2.75. The highest BCUT2D eigenvalue weighted by atomic mass is 16.5. The van der Waals surface area contributed by atoms with Gasteiger partial charge in [-0.3, -0.25) is 0 Å². The highest BCUT2D eigenvalue weighted by Gasteiger charge is 2.49. The Kier molecular flexibility index (Phi) is 10.9. The van der Waals surface area contributed by atoms with Crippen LogP contribution in [0, 0.1) is 5.92 Å². The maximum atomic E-state index is 10.6. The first-order valence-corrected chi connectivity index (χ1v) is 14.0. The van der Waals surface area contributed by atoms with Gasteiger partial charge < -0.3 is 9.84 Å². The van der Waals surface area contributed by atoms with Crippen LogP contribution in [0.1, 0.15) is 138 Å². The van der Waals surface area contributed by atoms with Gasteiger partial charge in [0.05, 0.1) is 16.8 Å². The molecule has 0 bridgehead atoms. The highest BCUT2D eigenvalue weighted by Crippen LogP contribution is 2.51. The van der Waals surface area contributed by atoms with E-state index in [4.69, 9.17) is 4.74 Å². The summed E-state index contributed by atoms with van der Waals surface area (Å²) in [7, 11) is 0. The quantitative estimate of drug-likeness (QED) is 0.207. The van der Waals surface area contributed by atoms with Crippen molar-refractivity contribution in [3.8, 4) is 0 Å². The maximum Gasteiger partial charge on any atom is 0.0964 e. The summed E-state index contributed by atoms with van der Waals surface area (Å²) in [5.74, 6) is 0.464. The number of fused-ring (bicyclic) bond motifs is 1. The summed E-state index contributed by atoms with van der Waals surface area (Å²) in [5, 5.41) is 10.6. The van der Waals surface area contributed by atoms with Gasteiger partial charge in [0.25, 0.3) is 0 Å². The van der Waals surface area contributed by atoms with E-state index in [1.807, 2.05) is 6.92 Å². The molecular formula is C31H54O2. The first kappa shape index (κ1) is 28.4. The van der Waals surface area contributed by atoms with Crippen molar-refractivity contribution >= 4 is 0 Å². The Bertz CT molecular complexity index is 698. The SMILES string of the molecule is CCCCCC(C)(O)CCC/C(C)=C/CCC1(C)CCC2=CC=C(C)C(C)C2(CCCC)O1. The number of hydrogen-bond acceptors (Lipinski definition) is 2. The molecule has 0 aromatic carbocycles. The summed E-state index contributed by atoms with van der Waals surface area (Å²) in [6.07, 6.45) is 22.8. The minimum absolute atomic E-state index is 0.0450. The molecule has 0 spiro atoms. The van der Waals surface area contributed by atoms with E-state index in [0.717, 1.165) is 57.8 Å². The van der Waals surface area contributed by atoms with Gasteiger partial charge in [-0.2, -0.15) is 0 Å². The van der Waals surface area contributed by atoms with Crippen LogP contribution in [0.4, 0.5) is 0 Å². The Balaban J connectivity index is 1.89. The Hall–Kier alpha value is -0.860. The van der Waals surface area contributed by atoms with Crippen LogP contribution in [0.5, 0.6) is 0 Å². The standard InChI is InChI=1S/C31H54O2/c1-8-10-12-20-29(6,32)21-13-15-25(3)16-14-22-30(7)24-19-28-18-17-26(4)27(5)31(28,33-30)23-11-9-2/h16-18,27,32H,8-15,19-24H2,1-7H3/b25-16+.